The summed E-state index contributed by atoms with van der Waals surface area (Å²) in [5.41, 5.74) is 2.82. The van der Waals surface area contributed by atoms with Gasteiger partial charge < -0.3 is 15.0 Å². The van der Waals surface area contributed by atoms with Crippen molar-refractivity contribution in [3.8, 4) is 5.75 Å². The lowest BCUT2D eigenvalue weighted by Gasteiger charge is -2.34. The number of nitrogens with one attached hydrogen (secondary N) is 1. The first-order valence-electron chi connectivity index (χ1n) is 14.2. The van der Waals surface area contributed by atoms with E-state index in [-0.39, 0.29) is 23.8 Å². The van der Waals surface area contributed by atoms with Gasteiger partial charge in [-0.15, -0.1) is 0 Å². The summed E-state index contributed by atoms with van der Waals surface area (Å²) in [4.78, 5) is 29.5. The average Bonchev–Trinajstić information content (AvgIpc) is 3.02. The molecule has 0 aliphatic carbocycles. The molecule has 230 valence electrons. The van der Waals surface area contributed by atoms with Crippen LogP contribution in [-0.4, -0.2) is 51.4 Å². The summed E-state index contributed by atoms with van der Waals surface area (Å²) >= 11 is 3.43. The molecule has 44 heavy (non-hydrogen) atoms. The highest BCUT2D eigenvalue weighted by molar-refractivity contribution is 9.10. The summed E-state index contributed by atoms with van der Waals surface area (Å²) in [6.45, 7) is 3.59. The van der Waals surface area contributed by atoms with E-state index in [1.807, 2.05) is 56.3 Å². The third-order valence-corrected chi connectivity index (χ3v) is 9.37. The summed E-state index contributed by atoms with van der Waals surface area (Å²) in [5, 5.41) is 2.87. The molecule has 0 aliphatic heterocycles. The number of amides is 2. The molecule has 1 atom stereocenters. The van der Waals surface area contributed by atoms with Gasteiger partial charge >= 0.3 is 0 Å². The summed E-state index contributed by atoms with van der Waals surface area (Å²) in [7, 11) is -2.61. The quantitative estimate of drug-likeness (QED) is 0.195. The molecule has 0 unspecified atom stereocenters. The first-order valence-corrected chi connectivity index (χ1v) is 16.4. The van der Waals surface area contributed by atoms with E-state index in [0.717, 1.165) is 21.0 Å². The van der Waals surface area contributed by atoms with Crippen LogP contribution in [0.5, 0.6) is 5.75 Å². The minimum absolute atomic E-state index is 0.0554. The van der Waals surface area contributed by atoms with Gasteiger partial charge in [0.1, 0.15) is 18.3 Å². The molecule has 8 nitrogen and oxygen atoms in total. The SMILES string of the molecule is CCNC(=O)[C@@H](Cc1ccccc1)N(Cc1cccc(OC)c1)C(=O)CN(c1cccc(Br)c1)S(=O)(=O)c1ccc(C)cc1. The van der Waals surface area contributed by atoms with Crippen molar-refractivity contribution in [1.29, 1.82) is 0 Å². The number of aryl methyl sites for hydroxylation is 1. The van der Waals surface area contributed by atoms with Crippen LogP contribution in [0.3, 0.4) is 0 Å². The molecule has 0 fully saturated rings. The molecule has 10 heteroatoms. The maximum Gasteiger partial charge on any atom is 0.264 e. The van der Waals surface area contributed by atoms with E-state index in [9.17, 15) is 18.0 Å². The molecule has 0 spiro atoms. The van der Waals surface area contributed by atoms with Crippen molar-refractivity contribution in [2.24, 2.45) is 0 Å². The van der Waals surface area contributed by atoms with Crippen LogP contribution in [0.25, 0.3) is 0 Å². The second-order valence-corrected chi connectivity index (χ2v) is 13.1. The number of hydrogen-bond acceptors (Lipinski definition) is 5. The second-order valence-electron chi connectivity index (χ2n) is 10.3. The van der Waals surface area contributed by atoms with Crippen LogP contribution in [0.4, 0.5) is 5.69 Å². The number of nitrogens with zero attached hydrogens (tertiary/aromatic N) is 2. The van der Waals surface area contributed by atoms with Crippen molar-refractivity contribution in [2.75, 3.05) is 24.5 Å². The molecule has 0 radical (unpaired) electrons. The summed E-state index contributed by atoms with van der Waals surface area (Å²) in [5.74, 6) is -0.260. The topological polar surface area (TPSA) is 96.0 Å². The molecule has 0 heterocycles. The number of ether oxygens (including phenoxy) is 1. The van der Waals surface area contributed by atoms with Crippen LogP contribution < -0.4 is 14.4 Å². The van der Waals surface area contributed by atoms with E-state index in [4.69, 9.17) is 4.74 Å². The molecular formula is C34H36BrN3O5S. The molecule has 4 rings (SSSR count). The van der Waals surface area contributed by atoms with Gasteiger partial charge in [0.25, 0.3) is 10.0 Å². The van der Waals surface area contributed by atoms with Gasteiger partial charge in [-0.3, -0.25) is 13.9 Å². The predicted molar refractivity (Wildman–Crippen MR) is 176 cm³/mol. The highest BCUT2D eigenvalue weighted by atomic mass is 79.9. The first-order chi connectivity index (χ1) is 21.1. The minimum Gasteiger partial charge on any atom is -0.497 e. The monoisotopic (exact) mass is 677 g/mol. The Bertz CT molecular complexity index is 1680. The van der Waals surface area contributed by atoms with Crippen LogP contribution in [0, 0.1) is 6.92 Å². The summed E-state index contributed by atoms with van der Waals surface area (Å²) in [6.07, 6.45) is 0.240. The normalized spacial score (nSPS) is 11.8. The van der Waals surface area contributed by atoms with Crippen molar-refractivity contribution in [3.05, 3.63) is 124 Å². The van der Waals surface area contributed by atoms with Gasteiger partial charge in [-0.25, -0.2) is 8.42 Å². The number of halogens is 1. The molecule has 0 saturated carbocycles. The van der Waals surface area contributed by atoms with Gasteiger partial charge in [-0.05, 0) is 67.4 Å². The summed E-state index contributed by atoms with van der Waals surface area (Å²) < 4.78 is 35.3. The fourth-order valence-electron chi connectivity index (χ4n) is 4.81. The fraction of sp³-hybridized carbons (Fsp3) is 0.235. The molecule has 0 bridgehead atoms. The van der Waals surface area contributed by atoms with Gasteiger partial charge in [0.2, 0.25) is 11.8 Å². The Kier molecular flexibility index (Phi) is 11.2. The zero-order chi connectivity index (χ0) is 31.7. The van der Waals surface area contributed by atoms with E-state index < -0.39 is 28.5 Å². The van der Waals surface area contributed by atoms with Crippen molar-refractivity contribution < 1.29 is 22.7 Å². The number of carbonyl (C=O) groups is 2. The van der Waals surface area contributed by atoms with Crippen molar-refractivity contribution >= 4 is 43.5 Å². The number of likely N-dealkylation sites (N-methyl/N-ethyl adjacent to an activating group) is 1. The number of benzene rings is 4. The van der Waals surface area contributed by atoms with Crippen molar-refractivity contribution in [3.63, 3.8) is 0 Å². The Morgan fingerprint density at radius 1 is 0.886 bits per heavy atom. The van der Waals surface area contributed by atoms with E-state index in [1.165, 1.54) is 17.0 Å². The van der Waals surface area contributed by atoms with Gasteiger partial charge in [0, 0.05) is 24.0 Å². The smallest absolute Gasteiger partial charge is 0.264 e. The first kappa shape index (κ1) is 32.8. The minimum atomic E-state index is -4.17. The lowest BCUT2D eigenvalue weighted by molar-refractivity contribution is -0.140. The molecule has 4 aromatic rings. The van der Waals surface area contributed by atoms with Crippen LogP contribution >= 0.6 is 15.9 Å². The molecule has 0 aliphatic rings. The van der Waals surface area contributed by atoms with Crippen LogP contribution in [0.15, 0.2) is 112 Å². The highest BCUT2D eigenvalue weighted by Gasteiger charge is 2.34. The molecule has 4 aromatic carbocycles. The highest BCUT2D eigenvalue weighted by Crippen LogP contribution is 2.28. The maximum absolute atomic E-state index is 14.4. The number of rotatable bonds is 13. The standard InChI is InChI=1S/C34H36BrN3O5S/c1-4-36-34(40)32(21-26-10-6-5-7-11-26)37(23-27-12-8-15-30(20-27)43-3)33(39)24-38(29-14-9-13-28(35)22-29)44(41,42)31-18-16-25(2)17-19-31/h5-20,22,32H,4,21,23-24H2,1-3H3,(H,36,40)/t32-/m1/s1. The Labute approximate surface area is 267 Å². The van der Waals surface area contributed by atoms with Gasteiger partial charge in [0.05, 0.1) is 17.7 Å². The van der Waals surface area contributed by atoms with Gasteiger partial charge in [-0.1, -0.05) is 82.2 Å². The maximum atomic E-state index is 14.4. The Morgan fingerprint density at radius 2 is 1.57 bits per heavy atom. The Balaban J connectivity index is 1.80. The predicted octanol–water partition coefficient (Wildman–Crippen LogP) is 5.74. The van der Waals surface area contributed by atoms with E-state index >= 15 is 0 Å². The average molecular weight is 679 g/mol. The number of sulfonamides is 1. The van der Waals surface area contributed by atoms with Crippen LogP contribution in [0.2, 0.25) is 0 Å². The zero-order valence-electron chi connectivity index (χ0n) is 24.9. The van der Waals surface area contributed by atoms with E-state index in [0.29, 0.717) is 22.5 Å². The largest absolute Gasteiger partial charge is 0.497 e. The third kappa shape index (κ3) is 8.27. The molecule has 0 aromatic heterocycles. The van der Waals surface area contributed by atoms with Crippen molar-refractivity contribution in [2.45, 2.75) is 37.8 Å². The number of anilines is 1. The molecule has 0 saturated heterocycles. The van der Waals surface area contributed by atoms with Crippen LogP contribution in [-0.2, 0) is 32.6 Å². The third-order valence-electron chi connectivity index (χ3n) is 7.09. The van der Waals surface area contributed by atoms with Gasteiger partial charge in [-0.2, -0.15) is 0 Å². The van der Waals surface area contributed by atoms with Crippen LogP contribution in [0.1, 0.15) is 23.6 Å². The second kappa shape index (κ2) is 15.0. The van der Waals surface area contributed by atoms with E-state index in [2.05, 4.69) is 21.2 Å². The molecule has 1 N–H and O–H groups in total. The Morgan fingerprint density at radius 3 is 2.23 bits per heavy atom. The lowest BCUT2D eigenvalue weighted by Crippen LogP contribution is -2.53. The van der Waals surface area contributed by atoms with Crippen molar-refractivity contribution in [1.82, 2.24) is 10.2 Å². The van der Waals surface area contributed by atoms with Gasteiger partial charge in [0.15, 0.2) is 0 Å². The zero-order valence-corrected chi connectivity index (χ0v) is 27.3. The Hall–Kier alpha value is -4.15. The number of hydrogen-bond donors (Lipinski definition) is 1. The molecule has 2 amide bonds. The van der Waals surface area contributed by atoms with E-state index in [1.54, 1.807) is 55.6 Å². The summed E-state index contributed by atoms with van der Waals surface area (Å²) in [6, 6.07) is 29.0. The molecular weight excluding hydrogens is 642 g/mol. The number of carbonyl (C=O) groups excluding carboxylic acids is 2. The lowest BCUT2D eigenvalue weighted by atomic mass is 10.0. The fourth-order valence-corrected chi connectivity index (χ4v) is 6.60. The number of methoxy groups -OCH3 is 1.